The van der Waals surface area contributed by atoms with Gasteiger partial charge in [0.15, 0.2) is 5.84 Å². The van der Waals surface area contributed by atoms with Crippen molar-refractivity contribution in [2.24, 2.45) is 9.98 Å². The predicted molar refractivity (Wildman–Crippen MR) is 219 cm³/mol. The second-order valence-corrected chi connectivity index (χ2v) is 14.2. The molecule has 1 unspecified atom stereocenters. The monoisotopic (exact) mass is 674 g/mol. The molecule has 2 atom stereocenters. The molecule has 2 aromatic heterocycles. The summed E-state index contributed by atoms with van der Waals surface area (Å²) in [7, 11) is 0. The van der Waals surface area contributed by atoms with E-state index in [0.29, 0.717) is 11.8 Å². The van der Waals surface area contributed by atoms with Crippen LogP contribution in [0.2, 0.25) is 0 Å². The Morgan fingerprint density at radius 2 is 1.37 bits per heavy atom. The van der Waals surface area contributed by atoms with Crippen LogP contribution in [0, 0.1) is 6.92 Å². The number of fused-ring (bicyclic) bond motifs is 6. The van der Waals surface area contributed by atoms with Crippen molar-refractivity contribution in [1.29, 1.82) is 0 Å². The van der Waals surface area contributed by atoms with E-state index in [2.05, 4.69) is 129 Å². The van der Waals surface area contributed by atoms with Crippen LogP contribution in [0.15, 0.2) is 150 Å². The van der Waals surface area contributed by atoms with Gasteiger partial charge in [0.1, 0.15) is 0 Å². The fourth-order valence-corrected chi connectivity index (χ4v) is 7.81. The van der Waals surface area contributed by atoms with Crippen LogP contribution in [0.1, 0.15) is 79.5 Å². The minimum Gasteiger partial charge on any atom is -0.265 e. The predicted octanol–water partition coefficient (Wildman–Crippen LogP) is 12.4. The summed E-state index contributed by atoms with van der Waals surface area (Å²) in [6.07, 6.45) is 10.8. The Hall–Kier alpha value is -6.00. The molecule has 1 aliphatic rings. The Balaban J connectivity index is 1.21. The molecular formula is C48H42N4. The van der Waals surface area contributed by atoms with Gasteiger partial charge in [-0.15, -0.1) is 0 Å². The van der Waals surface area contributed by atoms with E-state index in [-0.39, 0.29) is 6.04 Å². The number of pyridine rings is 2. The highest BCUT2D eigenvalue weighted by Crippen LogP contribution is 2.44. The highest BCUT2D eigenvalue weighted by Gasteiger charge is 2.22. The summed E-state index contributed by atoms with van der Waals surface area (Å²) in [5, 5.41) is 5.37. The van der Waals surface area contributed by atoms with E-state index >= 15 is 0 Å². The van der Waals surface area contributed by atoms with Crippen LogP contribution in [0.25, 0.3) is 49.9 Å². The lowest BCUT2D eigenvalue weighted by molar-refractivity contribution is 0.750. The molecule has 8 rings (SSSR count). The molecule has 7 aromatic rings. The van der Waals surface area contributed by atoms with E-state index in [9.17, 15) is 0 Å². The van der Waals surface area contributed by atoms with Crippen molar-refractivity contribution in [3.05, 3.63) is 173 Å². The first kappa shape index (κ1) is 33.2. The molecule has 4 heteroatoms. The van der Waals surface area contributed by atoms with Crippen LogP contribution >= 0.6 is 0 Å². The van der Waals surface area contributed by atoms with Crippen LogP contribution in [0.5, 0.6) is 0 Å². The highest BCUT2D eigenvalue weighted by molar-refractivity contribution is 6.15. The van der Waals surface area contributed by atoms with E-state index < -0.39 is 0 Å². The molecule has 254 valence electrons. The van der Waals surface area contributed by atoms with Crippen molar-refractivity contribution in [3.63, 3.8) is 0 Å². The molecular weight excluding hydrogens is 633 g/mol. The summed E-state index contributed by atoms with van der Waals surface area (Å²) in [4.78, 5) is 18.8. The third kappa shape index (κ3) is 6.37. The number of aliphatic imine (C=N–C) groups is 2. The number of amidine groups is 1. The van der Waals surface area contributed by atoms with Gasteiger partial charge >= 0.3 is 0 Å². The SMILES string of the molecule is CC1=Cc2c(c3cc(C)ccc3c3cc(-c4ccc(-c5ccccc5C(=N/[C@@H](C)c5ccncc5)/N=C(\C)c5ccncc5)cc4)ccc23)C(C)C1. The maximum Gasteiger partial charge on any atom is 0.156 e. The van der Waals surface area contributed by atoms with E-state index in [4.69, 9.17) is 9.98 Å². The lowest BCUT2D eigenvalue weighted by Crippen LogP contribution is -2.07. The molecule has 2 heterocycles. The molecule has 0 N–H and O–H groups in total. The first-order valence-corrected chi connectivity index (χ1v) is 18.1. The Morgan fingerprint density at radius 3 is 2.13 bits per heavy atom. The van der Waals surface area contributed by atoms with Gasteiger partial charge in [-0.3, -0.25) is 15.0 Å². The maximum atomic E-state index is 5.21. The number of hydrogen-bond donors (Lipinski definition) is 0. The molecule has 0 saturated heterocycles. The second-order valence-electron chi connectivity index (χ2n) is 14.2. The normalized spacial score (nSPS) is 15.4. The first-order valence-electron chi connectivity index (χ1n) is 18.1. The van der Waals surface area contributed by atoms with Gasteiger partial charge in [-0.1, -0.05) is 103 Å². The van der Waals surface area contributed by atoms with Crippen molar-refractivity contribution in [2.75, 3.05) is 0 Å². The first-order chi connectivity index (χ1) is 25.3. The smallest absolute Gasteiger partial charge is 0.156 e. The van der Waals surface area contributed by atoms with E-state index in [1.807, 2.05) is 43.6 Å². The molecule has 0 spiro atoms. The minimum atomic E-state index is -0.108. The minimum absolute atomic E-state index is 0.108. The van der Waals surface area contributed by atoms with Crippen molar-refractivity contribution in [2.45, 2.75) is 53.0 Å². The molecule has 0 aliphatic heterocycles. The van der Waals surface area contributed by atoms with Crippen LogP contribution in [0.4, 0.5) is 0 Å². The zero-order valence-electron chi connectivity index (χ0n) is 30.4. The molecule has 0 fully saturated rings. The van der Waals surface area contributed by atoms with E-state index in [1.54, 1.807) is 12.4 Å². The van der Waals surface area contributed by atoms with Gasteiger partial charge in [0, 0.05) is 36.1 Å². The van der Waals surface area contributed by atoms with Crippen molar-refractivity contribution < 1.29 is 0 Å². The lowest BCUT2D eigenvalue weighted by Gasteiger charge is -2.26. The summed E-state index contributed by atoms with van der Waals surface area (Å²) in [5.41, 5.74) is 14.2. The average molecular weight is 675 g/mol. The molecule has 0 radical (unpaired) electrons. The van der Waals surface area contributed by atoms with Gasteiger partial charge in [0.2, 0.25) is 0 Å². The topological polar surface area (TPSA) is 50.5 Å². The van der Waals surface area contributed by atoms with E-state index in [1.165, 1.54) is 54.9 Å². The number of benzene rings is 5. The maximum absolute atomic E-state index is 5.21. The molecule has 0 amide bonds. The molecule has 1 aliphatic carbocycles. The van der Waals surface area contributed by atoms with Gasteiger partial charge in [0.25, 0.3) is 0 Å². The van der Waals surface area contributed by atoms with Crippen LogP contribution in [-0.4, -0.2) is 21.5 Å². The van der Waals surface area contributed by atoms with E-state index in [0.717, 1.165) is 39.9 Å². The van der Waals surface area contributed by atoms with Gasteiger partial charge in [-0.25, -0.2) is 4.99 Å². The largest absolute Gasteiger partial charge is 0.265 e. The molecule has 4 nitrogen and oxygen atoms in total. The van der Waals surface area contributed by atoms with Crippen molar-refractivity contribution in [3.8, 4) is 22.3 Å². The number of rotatable bonds is 6. The van der Waals surface area contributed by atoms with Crippen molar-refractivity contribution >= 4 is 39.2 Å². The number of allylic oxidation sites excluding steroid dienone is 1. The van der Waals surface area contributed by atoms with Gasteiger partial charge in [-0.2, -0.15) is 0 Å². The van der Waals surface area contributed by atoms with Crippen LogP contribution in [-0.2, 0) is 0 Å². The Labute approximate surface area is 306 Å². The summed E-state index contributed by atoms with van der Waals surface area (Å²) < 4.78 is 0. The van der Waals surface area contributed by atoms with Crippen LogP contribution < -0.4 is 0 Å². The number of nitrogens with zero attached hydrogens (tertiary/aromatic N) is 4. The standard InChI is InChI=1S/C48H42N4/c1-30-10-16-41-44-29-39(15-17-42(44)46-28-31(2)26-32(3)47(46)45(41)27-30)37-11-13-38(14-12-37)40-8-6-7-9-43(40)48(51-33(4)35-18-22-49-23-19-35)52-34(5)36-20-24-50-25-21-36/h6-25,27-29,32-33H,26H2,1-5H3/b51-48-,52-34+/t32?,33-/m0/s1. The highest BCUT2D eigenvalue weighted by atomic mass is 14.9. The Morgan fingerprint density at radius 1 is 0.692 bits per heavy atom. The van der Waals surface area contributed by atoms with Gasteiger partial charge in [0.05, 0.1) is 6.04 Å². The number of hydrogen-bond acceptors (Lipinski definition) is 3. The van der Waals surface area contributed by atoms with Crippen molar-refractivity contribution in [1.82, 2.24) is 9.97 Å². The zero-order valence-corrected chi connectivity index (χ0v) is 30.4. The summed E-state index contributed by atoms with van der Waals surface area (Å²) in [5.74, 6) is 1.19. The summed E-state index contributed by atoms with van der Waals surface area (Å²) >= 11 is 0. The fourth-order valence-electron chi connectivity index (χ4n) is 7.81. The number of aryl methyl sites for hydroxylation is 1. The molecule has 0 bridgehead atoms. The fraction of sp³-hybridized carbons (Fsp3) is 0.167. The molecule has 52 heavy (non-hydrogen) atoms. The average Bonchev–Trinajstić information content (AvgIpc) is 3.18. The molecule has 0 saturated carbocycles. The Bertz CT molecular complexity index is 2530. The second kappa shape index (κ2) is 14.0. The quantitative estimate of drug-likeness (QED) is 0.100. The third-order valence-electron chi connectivity index (χ3n) is 10.4. The molecule has 5 aromatic carbocycles. The van der Waals surface area contributed by atoms with Gasteiger partial charge < -0.3 is 0 Å². The van der Waals surface area contributed by atoms with Crippen LogP contribution in [0.3, 0.4) is 0 Å². The third-order valence-corrected chi connectivity index (χ3v) is 10.4. The zero-order chi connectivity index (χ0) is 35.8. The van der Waals surface area contributed by atoms with Gasteiger partial charge in [-0.05, 0) is 136 Å². The summed E-state index contributed by atoms with van der Waals surface area (Å²) in [6.45, 7) is 11.0. The Kier molecular flexibility index (Phi) is 8.90. The lowest BCUT2D eigenvalue weighted by atomic mass is 9.78. The summed E-state index contributed by atoms with van der Waals surface area (Å²) in [6, 6.07) is 39.2. The number of aromatic nitrogens is 2.